The molecule has 1 atom stereocenters. The van der Waals surface area contributed by atoms with Crippen molar-refractivity contribution in [2.45, 2.75) is 12.5 Å². The fourth-order valence-corrected chi connectivity index (χ4v) is 3.30. The third kappa shape index (κ3) is 2.56. The minimum atomic E-state index is -0.133. The van der Waals surface area contributed by atoms with E-state index in [4.69, 9.17) is 14.5 Å². The van der Waals surface area contributed by atoms with Crippen molar-refractivity contribution in [1.82, 2.24) is 4.98 Å². The van der Waals surface area contributed by atoms with Crippen LogP contribution in [0.3, 0.4) is 0 Å². The summed E-state index contributed by atoms with van der Waals surface area (Å²) in [5.74, 6) is 1.59. The standard InChI is InChI=1S/C21H16N2O2/c1-2-4-20-19(3-1)24-13-21(25-20)18-12-16-6-5-15(11-17(16)23-18)14-7-9-22-10-8-14/h1-11,21H,12-13H2/t21-/m0/s1. The Hall–Kier alpha value is -3.14. The molecule has 0 bridgehead atoms. The predicted molar refractivity (Wildman–Crippen MR) is 96.8 cm³/mol. The smallest absolute Gasteiger partial charge is 0.171 e. The van der Waals surface area contributed by atoms with Gasteiger partial charge in [-0.3, -0.25) is 9.98 Å². The molecule has 3 aromatic rings. The molecule has 5 rings (SSSR count). The molecular formula is C21H16N2O2. The van der Waals surface area contributed by atoms with Gasteiger partial charge in [0.25, 0.3) is 0 Å². The Kier molecular flexibility index (Phi) is 3.27. The lowest BCUT2D eigenvalue weighted by Gasteiger charge is -2.26. The Bertz CT molecular complexity index is 967. The molecule has 4 heteroatoms. The summed E-state index contributed by atoms with van der Waals surface area (Å²) >= 11 is 0. The Morgan fingerprint density at radius 3 is 2.60 bits per heavy atom. The largest absolute Gasteiger partial charge is 0.485 e. The lowest BCUT2D eigenvalue weighted by atomic mass is 10.0. The summed E-state index contributed by atoms with van der Waals surface area (Å²) in [7, 11) is 0. The number of hydrogen-bond donors (Lipinski definition) is 0. The van der Waals surface area contributed by atoms with Crippen LogP contribution in [0, 0.1) is 0 Å². The van der Waals surface area contributed by atoms with Gasteiger partial charge >= 0.3 is 0 Å². The molecule has 0 fully saturated rings. The van der Waals surface area contributed by atoms with E-state index >= 15 is 0 Å². The van der Waals surface area contributed by atoms with Gasteiger partial charge in [-0.2, -0.15) is 0 Å². The Morgan fingerprint density at radius 1 is 0.880 bits per heavy atom. The van der Waals surface area contributed by atoms with E-state index in [1.807, 2.05) is 48.8 Å². The van der Waals surface area contributed by atoms with Crippen LogP contribution in [-0.2, 0) is 6.42 Å². The Morgan fingerprint density at radius 2 is 1.72 bits per heavy atom. The summed E-state index contributed by atoms with van der Waals surface area (Å²) in [6, 6.07) is 18.2. The second-order valence-corrected chi connectivity index (χ2v) is 6.22. The maximum atomic E-state index is 6.10. The van der Waals surface area contributed by atoms with Crippen LogP contribution in [-0.4, -0.2) is 23.4 Å². The maximum Gasteiger partial charge on any atom is 0.171 e. The molecule has 0 radical (unpaired) electrons. The molecule has 0 saturated carbocycles. The SMILES string of the molecule is c1ccc2c(c1)OC[C@@H](C1=Nc3cc(-c4ccncc4)ccc3C1)O2. The molecule has 3 heterocycles. The van der Waals surface area contributed by atoms with Gasteiger partial charge in [-0.05, 0) is 47.0 Å². The van der Waals surface area contributed by atoms with E-state index in [1.165, 1.54) is 5.56 Å². The highest BCUT2D eigenvalue weighted by atomic mass is 16.6. The first-order valence-electron chi connectivity index (χ1n) is 8.36. The van der Waals surface area contributed by atoms with Crippen LogP contribution in [0.25, 0.3) is 11.1 Å². The normalized spacial score (nSPS) is 17.8. The first-order valence-corrected chi connectivity index (χ1v) is 8.36. The number of hydrogen-bond acceptors (Lipinski definition) is 4. The molecule has 2 aliphatic rings. The van der Waals surface area contributed by atoms with Crippen LogP contribution in [0.5, 0.6) is 11.5 Å². The minimum Gasteiger partial charge on any atom is -0.485 e. The summed E-state index contributed by atoms with van der Waals surface area (Å²) in [4.78, 5) is 8.91. The average molecular weight is 328 g/mol. The van der Waals surface area contributed by atoms with Gasteiger partial charge in [0.15, 0.2) is 17.6 Å². The van der Waals surface area contributed by atoms with Crippen molar-refractivity contribution in [3.05, 3.63) is 72.6 Å². The average Bonchev–Trinajstić information content (AvgIpc) is 3.11. The van der Waals surface area contributed by atoms with E-state index in [2.05, 4.69) is 23.2 Å². The first-order chi connectivity index (χ1) is 12.4. The molecule has 1 aromatic heterocycles. The number of nitrogens with zero attached hydrogens (tertiary/aromatic N) is 2. The number of pyridine rings is 1. The summed E-state index contributed by atoms with van der Waals surface area (Å²) in [6.07, 6.45) is 4.29. The molecule has 2 aliphatic heterocycles. The molecule has 0 aliphatic carbocycles. The van der Waals surface area contributed by atoms with Crippen molar-refractivity contribution in [1.29, 1.82) is 0 Å². The monoisotopic (exact) mass is 328 g/mol. The Balaban J connectivity index is 1.43. The van der Waals surface area contributed by atoms with Crippen molar-refractivity contribution < 1.29 is 9.47 Å². The number of ether oxygens (including phenoxy) is 2. The lowest BCUT2D eigenvalue weighted by Crippen LogP contribution is -2.36. The van der Waals surface area contributed by atoms with Crippen LogP contribution in [0.2, 0.25) is 0 Å². The fraction of sp³-hybridized carbons (Fsp3) is 0.143. The van der Waals surface area contributed by atoms with Gasteiger partial charge in [0, 0.05) is 18.8 Å². The second kappa shape index (κ2) is 5.74. The molecular weight excluding hydrogens is 312 g/mol. The van der Waals surface area contributed by atoms with E-state index in [9.17, 15) is 0 Å². The molecule has 2 aromatic carbocycles. The van der Waals surface area contributed by atoms with E-state index in [1.54, 1.807) is 0 Å². The van der Waals surface area contributed by atoms with Crippen molar-refractivity contribution >= 4 is 11.4 Å². The molecule has 25 heavy (non-hydrogen) atoms. The highest BCUT2D eigenvalue weighted by molar-refractivity contribution is 5.98. The third-order valence-corrected chi connectivity index (χ3v) is 4.61. The van der Waals surface area contributed by atoms with Gasteiger partial charge in [-0.25, -0.2) is 0 Å². The summed E-state index contributed by atoms with van der Waals surface area (Å²) in [5.41, 5.74) is 5.57. The zero-order valence-electron chi connectivity index (χ0n) is 13.6. The van der Waals surface area contributed by atoms with Crippen molar-refractivity contribution in [2.24, 2.45) is 4.99 Å². The van der Waals surface area contributed by atoms with E-state index in [0.717, 1.165) is 40.4 Å². The predicted octanol–water partition coefficient (Wildman–Crippen LogP) is 4.22. The molecule has 0 N–H and O–H groups in total. The van der Waals surface area contributed by atoms with Crippen molar-refractivity contribution in [3.8, 4) is 22.6 Å². The van der Waals surface area contributed by atoms with Gasteiger partial charge < -0.3 is 9.47 Å². The zero-order valence-corrected chi connectivity index (χ0v) is 13.6. The molecule has 0 saturated heterocycles. The molecule has 0 unspecified atom stereocenters. The topological polar surface area (TPSA) is 43.7 Å². The van der Waals surface area contributed by atoms with Crippen molar-refractivity contribution in [3.63, 3.8) is 0 Å². The third-order valence-electron chi connectivity index (χ3n) is 4.61. The summed E-state index contributed by atoms with van der Waals surface area (Å²) < 4.78 is 11.9. The number of aliphatic imine (C=N–C) groups is 1. The van der Waals surface area contributed by atoms with Gasteiger partial charge in [-0.15, -0.1) is 0 Å². The Labute approximate surface area is 145 Å². The first kappa shape index (κ1) is 14.2. The lowest BCUT2D eigenvalue weighted by molar-refractivity contribution is 0.134. The van der Waals surface area contributed by atoms with Crippen LogP contribution in [0.15, 0.2) is 72.0 Å². The van der Waals surface area contributed by atoms with Gasteiger partial charge in [0.2, 0.25) is 0 Å². The van der Waals surface area contributed by atoms with Gasteiger partial charge in [0.05, 0.1) is 11.4 Å². The highest BCUT2D eigenvalue weighted by Crippen LogP contribution is 2.36. The maximum absolute atomic E-state index is 6.10. The summed E-state index contributed by atoms with van der Waals surface area (Å²) in [6.45, 7) is 0.501. The zero-order chi connectivity index (χ0) is 16.6. The number of rotatable bonds is 2. The van der Waals surface area contributed by atoms with Gasteiger partial charge in [-0.1, -0.05) is 24.3 Å². The molecule has 4 nitrogen and oxygen atoms in total. The number of fused-ring (bicyclic) bond motifs is 2. The van der Waals surface area contributed by atoms with E-state index in [0.29, 0.717) is 6.61 Å². The minimum absolute atomic E-state index is 0.133. The van der Waals surface area contributed by atoms with E-state index < -0.39 is 0 Å². The highest BCUT2D eigenvalue weighted by Gasteiger charge is 2.29. The number of benzene rings is 2. The molecule has 122 valence electrons. The van der Waals surface area contributed by atoms with E-state index in [-0.39, 0.29) is 6.10 Å². The number of para-hydroxylation sites is 2. The number of aromatic nitrogens is 1. The van der Waals surface area contributed by atoms with Crippen molar-refractivity contribution in [2.75, 3.05) is 6.61 Å². The van der Waals surface area contributed by atoms with Crippen LogP contribution in [0.4, 0.5) is 5.69 Å². The quantitative estimate of drug-likeness (QED) is 0.707. The van der Waals surface area contributed by atoms with Crippen LogP contribution < -0.4 is 9.47 Å². The molecule has 0 spiro atoms. The summed E-state index contributed by atoms with van der Waals surface area (Å²) in [5, 5.41) is 0. The molecule has 0 amide bonds. The fourth-order valence-electron chi connectivity index (χ4n) is 3.30. The second-order valence-electron chi connectivity index (χ2n) is 6.22. The van der Waals surface area contributed by atoms with Gasteiger partial charge in [0.1, 0.15) is 6.61 Å². The van der Waals surface area contributed by atoms with Crippen LogP contribution >= 0.6 is 0 Å². The van der Waals surface area contributed by atoms with Crippen LogP contribution in [0.1, 0.15) is 5.56 Å².